The van der Waals surface area contributed by atoms with Crippen LogP contribution in [0, 0.1) is 0 Å². The molecule has 6 nitrogen and oxygen atoms in total. The van der Waals surface area contributed by atoms with Crippen molar-refractivity contribution in [2.24, 2.45) is 0 Å². The van der Waals surface area contributed by atoms with E-state index in [1.165, 1.54) is 6.07 Å². The molecule has 0 bridgehead atoms. The predicted octanol–water partition coefficient (Wildman–Crippen LogP) is 1.50. The summed E-state index contributed by atoms with van der Waals surface area (Å²) in [6.45, 7) is 3.53. The number of sulfonamides is 1. The van der Waals surface area contributed by atoms with Crippen molar-refractivity contribution in [3.63, 3.8) is 0 Å². The first kappa shape index (κ1) is 15.7. The molecule has 0 saturated carbocycles. The van der Waals surface area contributed by atoms with E-state index >= 15 is 0 Å². The molecule has 1 aromatic carbocycles. The van der Waals surface area contributed by atoms with Crippen molar-refractivity contribution in [3.05, 3.63) is 47.3 Å². The number of aliphatic hydroxyl groups excluding tert-OH is 1. The number of nitrogens with one attached hydrogen (secondary N) is 2. The van der Waals surface area contributed by atoms with Gasteiger partial charge in [0.25, 0.3) is 0 Å². The average molecular weight is 309 g/mol. The molecular formula is C14H19N3O3S. The summed E-state index contributed by atoms with van der Waals surface area (Å²) >= 11 is 0. The lowest BCUT2D eigenvalue weighted by Gasteiger charge is -2.14. The number of H-pyrrole nitrogens is 1. The molecule has 0 aliphatic rings. The smallest absolute Gasteiger partial charge is 0.241 e. The van der Waals surface area contributed by atoms with Crippen LogP contribution < -0.4 is 4.72 Å². The van der Waals surface area contributed by atoms with Crippen LogP contribution in [0.15, 0.2) is 35.5 Å². The molecule has 0 amide bonds. The van der Waals surface area contributed by atoms with Gasteiger partial charge in [-0.05, 0) is 36.6 Å². The number of hydrogen-bond donors (Lipinski definition) is 3. The van der Waals surface area contributed by atoms with Gasteiger partial charge in [-0.3, -0.25) is 5.10 Å². The molecule has 21 heavy (non-hydrogen) atoms. The van der Waals surface area contributed by atoms with Gasteiger partial charge in [-0.2, -0.15) is 5.10 Å². The Balaban J connectivity index is 2.27. The maximum Gasteiger partial charge on any atom is 0.241 e. The van der Waals surface area contributed by atoms with Gasteiger partial charge in [0.2, 0.25) is 10.0 Å². The van der Waals surface area contributed by atoms with Gasteiger partial charge in [-0.15, -0.1) is 0 Å². The topological polar surface area (TPSA) is 95.1 Å². The number of aromatic nitrogens is 2. The van der Waals surface area contributed by atoms with Gasteiger partial charge >= 0.3 is 0 Å². The minimum Gasteiger partial charge on any atom is -0.392 e. The second-order valence-corrected chi connectivity index (χ2v) is 6.53. The summed E-state index contributed by atoms with van der Waals surface area (Å²) in [5, 5.41) is 15.8. The summed E-state index contributed by atoms with van der Waals surface area (Å²) in [6.07, 6.45) is 3.97. The second-order valence-electron chi connectivity index (χ2n) is 4.82. The normalized spacial score (nSPS) is 13.3. The van der Waals surface area contributed by atoms with Crippen LogP contribution in [0.2, 0.25) is 0 Å². The van der Waals surface area contributed by atoms with E-state index in [0.29, 0.717) is 5.56 Å². The Morgan fingerprint density at radius 1 is 1.38 bits per heavy atom. The van der Waals surface area contributed by atoms with Crippen LogP contribution in [0.3, 0.4) is 0 Å². The van der Waals surface area contributed by atoms with Crippen molar-refractivity contribution < 1.29 is 13.5 Å². The van der Waals surface area contributed by atoms with Crippen LogP contribution in [0.4, 0.5) is 0 Å². The molecule has 0 radical (unpaired) electrons. The Kier molecular flexibility index (Phi) is 4.76. The molecule has 2 aromatic rings. The zero-order valence-corrected chi connectivity index (χ0v) is 12.8. The van der Waals surface area contributed by atoms with Crippen molar-refractivity contribution in [2.45, 2.75) is 37.8 Å². The minimum absolute atomic E-state index is 0.152. The molecule has 0 aliphatic carbocycles. The van der Waals surface area contributed by atoms with Crippen LogP contribution in [-0.2, 0) is 23.1 Å². The second kappa shape index (κ2) is 6.38. The van der Waals surface area contributed by atoms with Crippen LogP contribution in [0.1, 0.15) is 36.6 Å². The summed E-state index contributed by atoms with van der Waals surface area (Å²) in [4.78, 5) is 0.152. The van der Waals surface area contributed by atoms with Crippen LogP contribution in [0.5, 0.6) is 0 Å². The molecule has 1 unspecified atom stereocenters. The Labute approximate surface area is 124 Å². The molecule has 0 spiro atoms. The molecule has 0 fully saturated rings. The highest BCUT2D eigenvalue weighted by Crippen LogP contribution is 2.19. The lowest BCUT2D eigenvalue weighted by Crippen LogP contribution is -2.26. The van der Waals surface area contributed by atoms with E-state index in [9.17, 15) is 13.5 Å². The lowest BCUT2D eigenvalue weighted by atomic mass is 10.1. The predicted molar refractivity (Wildman–Crippen MR) is 79.1 cm³/mol. The zero-order chi connectivity index (χ0) is 15.5. The van der Waals surface area contributed by atoms with E-state index in [1.807, 2.05) is 6.92 Å². The summed E-state index contributed by atoms with van der Waals surface area (Å²) in [5.41, 5.74) is 2.34. The van der Waals surface area contributed by atoms with Crippen molar-refractivity contribution in [1.29, 1.82) is 0 Å². The minimum atomic E-state index is -3.65. The van der Waals surface area contributed by atoms with Crippen molar-refractivity contribution in [2.75, 3.05) is 0 Å². The highest BCUT2D eigenvalue weighted by molar-refractivity contribution is 7.89. The third-order valence-electron chi connectivity index (χ3n) is 3.39. The van der Waals surface area contributed by atoms with E-state index < -0.39 is 16.1 Å². The Morgan fingerprint density at radius 2 is 2.14 bits per heavy atom. The highest BCUT2D eigenvalue weighted by Gasteiger charge is 2.19. The molecule has 1 atom stereocenters. The third kappa shape index (κ3) is 3.49. The highest BCUT2D eigenvalue weighted by atomic mass is 32.2. The van der Waals surface area contributed by atoms with Crippen LogP contribution >= 0.6 is 0 Å². The quantitative estimate of drug-likeness (QED) is 0.753. The van der Waals surface area contributed by atoms with Gasteiger partial charge < -0.3 is 5.11 Å². The maximum absolute atomic E-state index is 12.4. The number of rotatable bonds is 6. The van der Waals surface area contributed by atoms with E-state index in [4.69, 9.17) is 0 Å². The zero-order valence-electron chi connectivity index (χ0n) is 12.0. The summed E-state index contributed by atoms with van der Waals surface area (Å²) in [5.74, 6) is 0. The molecule has 2 rings (SSSR count). The molecule has 114 valence electrons. The summed E-state index contributed by atoms with van der Waals surface area (Å²) in [7, 11) is -3.65. The lowest BCUT2D eigenvalue weighted by molar-refractivity contribution is 0.280. The molecule has 1 heterocycles. The van der Waals surface area contributed by atoms with Crippen molar-refractivity contribution >= 4 is 10.0 Å². The first-order valence-corrected chi connectivity index (χ1v) is 8.20. The van der Waals surface area contributed by atoms with Crippen LogP contribution in [0.25, 0.3) is 0 Å². The van der Waals surface area contributed by atoms with Gasteiger partial charge in [0, 0.05) is 17.8 Å². The fourth-order valence-corrected chi connectivity index (χ4v) is 3.41. The van der Waals surface area contributed by atoms with Gasteiger partial charge in [0.15, 0.2) is 0 Å². The number of hydrogen-bond acceptors (Lipinski definition) is 4. The number of aryl methyl sites for hydroxylation is 1. The monoisotopic (exact) mass is 309 g/mol. The largest absolute Gasteiger partial charge is 0.392 e. The fraction of sp³-hybridized carbons (Fsp3) is 0.357. The third-order valence-corrected chi connectivity index (χ3v) is 4.93. The van der Waals surface area contributed by atoms with Crippen molar-refractivity contribution in [3.8, 4) is 0 Å². The molecule has 0 saturated heterocycles. The average Bonchev–Trinajstić information content (AvgIpc) is 3.00. The van der Waals surface area contributed by atoms with E-state index in [-0.39, 0.29) is 11.5 Å². The Bertz CT molecular complexity index is 696. The van der Waals surface area contributed by atoms with Gasteiger partial charge in [0.1, 0.15) is 0 Å². The first-order valence-electron chi connectivity index (χ1n) is 6.71. The van der Waals surface area contributed by atoms with Gasteiger partial charge in [0.05, 0.1) is 17.7 Å². The fourth-order valence-electron chi connectivity index (χ4n) is 2.13. The molecule has 7 heteroatoms. The summed E-state index contributed by atoms with van der Waals surface area (Å²) in [6, 6.07) is 4.42. The maximum atomic E-state index is 12.4. The SMILES string of the molecule is CCc1ccc(S(=O)(=O)NC(C)c2cn[nH]c2)cc1CO. The standard InChI is InChI=1S/C14H19N3O3S/c1-3-11-4-5-14(6-12(11)9-18)21(19,20)17-10(2)13-7-15-16-8-13/h4-8,10,17-18H,3,9H2,1-2H3,(H,15,16). The molecule has 0 aliphatic heterocycles. The first-order chi connectivity index (χ1) is 9.97. The van der Waals surface area contributed by atoms with Crippen molar-refractivity contribution in [1.82, 2.24) is 14.9 Å². The Hall–Kier alpha value is -1.70. The van der Waals surface area contributed by atoms with E-state index in [0.717, 1.165) is 17.5 Å². The number of benzene rings is 1. The van der Waals surface area contributed by atoms with Crippen LogP contribution in [-0.4, -0.2) is 23.7 Å². The molecule has 1 aromatic heterocycles. The number of nitrogens with zero attached hydrogens (tertiary/aromatic N) is 1. The van der Waals surface area contributed by atoms with Gasteiger partial charge in [-0.1, -0.05) is 13.0 Å². The number of aromatic amines is 1. The van der Waals surface area contributed by atoms with E-state index in [2.05, 4.69) is 14.9 Å². The Morgan fingerprint density at radius 3 is 2.71 bits per heavy atom. The molecular weight excluding hydrogens is 290 g/mol. The van der Waals surface area contributed by atoms with E-state index in [1.54, 1.807) is 31.5 Å². The van der Waals surface area contributed by atoms with Gasteiger partial charge in [-0.25, -0.2) is 13.1 Å². The summed E-state index contributed by atoms with van der Waals surface area (Å²) < 4.78 is 27.4. The molecule has 3 N–H and O–H groups in total. The number of aliphatic hydroxyl groups is 1.